The molecule has 0 radical (unpaired) electrons. The number of thioether (sulfide) groups is 1. The standard InChI is InChI=1S/C23H31NO6S/c1-12-14(23-22(28)21(27)20(26)18(11-25)30-23)4-5-17(29-2)15(12)9-13-3-6-19-16(10-13)24-7-8-31-19/h3-6,10,12,15,18,20-28H,7-9,11H2,1-2H3. The smallest absolute Gasteiger partial charge is 0.113 e. The lowest BCUT2D eigenvalue weighted by molar-refractivity contribution is -0.221. The van der Waals surface area contributed by atoms with Gasteiger partial charge in [-0.2, -0.15) is 0 Å². The number of aliphatic hydroxyl groups is 4. The number of methoxy groups -OCH3 is 1. The van der Waals surface area contributed by atoms with E-state index in [1.54, 1.807) is 7.11 Å². The van der Waals surface area contributed by atoms with Crippen LogP contribution < -0.4 is 5.32 Å². The van der Waals surface area contributed by atoms with Crippen molar-refractivity contribution in [3.05, 3.63) is 47.2 Å². The summed E-state index contributed by atoms with van der Waals surface area (Å²) in [5, 5.41) is 43.9. The van der Waals surface area contributed by atoms with Gasteiger partial charge in [0.05, 0.1) is 19.5 Å². The SMILES string of the molecule is COC1=CC=C(C2OC(CO)C(O)C(O)C2O)C(C)C1Cc1ccc2c(c1)NCCS2. The zero-order valence-electron chi connectivity index (χ0n) is 17.8. The van der Waals surface area contributed by atoms with Crippen LogP contribution in [0.5, 0.6) is 0 Å². The van der Waals surface area contributed by atoms with Gasteiger partial charge in [-0.05, 0) is 41.7 Å². The molecule has 0 bridgehead atoms. The van der Waals surface area contributed by atoms with E-state index in [2.05, 4.69) is 30.4 Å². The number of benzene rings is 1. The van der Waals surface area contributed by atoms with Crippen LogP contribution in [0.4, 0.5) is 5.69 Å². The highest BCUT2D eigenvalue weighted by atomic mass is 32.2. The molecule has 1 saturated heterocycles. The van der Waals surface area contributed by atoms with E-state index in [1.165, 1.54) is 10.5 Å². The Hall–Kier alpha value is -1.55. The van der Waals surface area contributed by atoms with Crippen LogP contribution in [0.15, 0.2) is 46.6 Å². The first-order valence-corrected chi connectivity index (χ1v) is 11.7. The summed E-state index contributed by atoms with van der Waals surface area (Å²) in [6.07, 6.45) is -1.29. The number of nitrogens with one attached hydrogen (secondary N) is 1. The molecule has 3 aliphatic rings. The van der Waals surface area contributed by atoms with Gasteiger partial charge in [0.15, 0.2) is 0 Å². The van der Waals surface area contributed by atoms with Crippen LogP contribution in [0.25, 0.3) is 0 Å². The molecule has 0 aromatic heterocycles. The third-order valence-electron chi connectivity index (χ3n) is 6.57. The Balaban J connectivity index is 1.58. The highest BCUT2D eigenvalue weighted by molar-refractivity contribution is 7.99. The van der Waals surface area contributed by atoms with Crippen molar-refractivity contribution >= 4 is 17.4 Å². The van der Waals surface area contributed by atoms with Crippen LogP contribution in [0.2, 0.25) is 0 Å². The highest BCUT2D eigenvalue weighted by Crippen LogP contribution is 2.40. The lowest BCUT2D eigenvalue weighted by Crippen LogP contribution is -2.59. The van der Waals surface area contributed by atoms with Crippen LogP contribution in [0.3, 0.4) is 0 Å². The van der Waals surface area contributed by atoms with Crippen molar-refractivity contribution in [3.63, 3.8) is 0 Å². The third kappa shape index (κ3) is 4.37. The van der Waals surface area contributed by atoms with Crippen molar-refractivity contribution in [2.45, 2.75) is 48.8 Å². The van der Waals surface area contributed by atoms with Gasteiger partial charge in [0.25, 0.3) is 0 Å². The zero-order valence-corrected chi connectivity index (χ0v) is 18.6. The minimum absolute atomic E-state index is 0.0201. The van der Waals surface area contributed by atoms with E-state index >= 15 is 0 Å². The molecule has 0 spiro atoms. The number of fused-ring (bicyclic) bond motifs is 1. The Morgan fingerprint density at radius 2 is 1.97 bits per heavy atom. The molecule has 5 N–H and O–H groups in total. The van der Waals surface area contributed by atoms with E-state index in [9.17, 15) is 20.4 Å². The van der Waals surface area contributed by atoms with Crippen LogP contribution in [-0.2, 0) is 15.9 Å². The molecule has 0 amide bonds. The molecule has 2 aliphatic heterocycles. The second-order valence-corrected chi connectivity index (χ2v) is 9.53. The van der Waals surface area contributed by atoms with Crippen molar-refractivity contribution in [2.24, 2.45) is 11.8 Å². The fraction of sp³-hybridized carbons (Fsp3) is 0.565. The summed E-state index contributed by atoms with van der Waals surface area (Å²) < 4.78 is 11.5. The Labute approximate surface area is 186 Å². The zero-order chi connectivity index (χ0) is 22.1. The van der Waals surface area contributed by atoms with Crippen molar-refractivity contribution in [3.8, 4) is 0 Å². The van der Waals surface area contributed by atoms with Gasteiger partial charge in [-0.25, -0.2) is 0 Å². The van der Waals surface area contributed by atoms with E-state index in [0.29, 0.717) is 0 Å². The lowest BCUT2D eigenvalue weighted by Gasteiger charge is -2.44. The predicted octanol–water partition coefficient (Wildman–Crippen LogP) is 1.31. The second-order valence-electron chi connectivity index (χ2n) is 8.39. The largest absolute Gasteiger partial charge is 0.501 e. The Bertz CT molecular complexity index is 856. The van der Waals surface area contributed by atoms with Gasteiger partial charge in [0.1, 0.15) is 30.5 Å². The van der Waals surface area contributed by atoms with Crippen LogP contribution in [0.1, 0.15) is 12.5 Å². The number of hydrogen-bond acceptors (Lipinski definition) is 8. The molecule has 1 aliphatic carbocycles. The van der Waals surface area contributed by atoms with Crippen LogP contribution >= 0.6 is 11.8 Å². The normalized spacial score (nSPS) is 35.5. The first-order chi connectivity index (χ1) is 14.9. The van der Waals surface area contributed by atoms with Gasteiger partial charge in [0.2, 0.25) is 0 Å². The maximum atomic E-state index is 10.6. The number of allylic oxidation sites excluding steroid dienone is 3. The molecule has 1 fully saturated rings. The van der Waals surface area contributed by atoms with E-state index < -0.39 is 37.1 Å². The average molecular weight is 450 g/mol. The van der Waals surface area contributed by atoms with Gasteiger partial charge in [-0.3, -0.25) is 0 Å². The summed E-state index contributed by atoms with van der Waals surface area (Å²) in [4.78, 5) is 1.26. The molecule has 7 atom stereocenters. The monoisotopic (exact) mass is 449 g/mol. The first kappa shape index (κ1) is 22.6. The van der Waals surface area contributed by atoms with E-state index in [-0.39, 0.29) is 11.8 Å². The summed E-state index contributed by atoms with van der Waals surface area (Å²) in [6.45, 7) is 2.57. The van der Waals surface area contributed by atoms with E-state index in [1.807, 2.05) is 23.9 Å². The fourth-order valence-electron chi connectivity index (χ4n) is 4.73. The van der Waals surface area contributed by atoms with Crippen molar-refractivity contribution in [2.75, 3.05) is 31.3 Å². The van der Waals surface area contributed by atoms with Gasteiger partial charge in [0, 0.05) is 28.8 Å². The molecule has 0 saturated carbocycles. The quantitative estimate of drug-likeness (QED) is 0.458. The summed E-state index contributed by atoms with van der Waals surface area (Å²) in [5.74, 6) is 1.89. The lowest BCUT2D eigenvalue weighted by atomic mass is 9.74. The minimum Gasteiger partial charge on any atom is -0.501 e. The molecule has 1 aromatic carbocycles. The van der Waals surface area contributed by atoms with Gasteiger partial charge in [-0.1, -0.05) is 19.1 Å². The molecule has 1 aromatic rings. The third-order valence-corrected chi connectivity index (χ3v) is 7.64. The molecule has 7 nitrogen and oxygen atoms in total. The van der Waals surface area contributed by atoms with Gasteiger partial charge >= 0.3 is 0 Å². The summed E-state index contributed by atoms with van der Waals surface area (Å²) in [5.41, 5.74) is 3.16. The Kier molecular flexibility index (Phi) is 6.95. The van der Waals surface area contributed by atoms with Crippen LogP contribution in [0, 0.1) is 11.8 Å². The van der Waals surface area contributed by atoms with Crippen molar-refractivity contribution < 1.29 is 29.9 Å². The molecule has 8 heteroatoms. The minimum atomic E-state index is -1.39. The summed E-state index contributed by atoms with van der Waals surface area (Å²) in [7, 11) is 1.66. The Morgan fingerprint density at radius 3 is 2.71 bits per heavy atom. The molecule has 170 valence electrons. The molecular formula is C23H31NO6S. The van der Waals surface area contributed by atoms with Gasteiger partial charge < -0.3 is 35.2 Å². The number of ether oxygens (including phenoxy) is 2. The maximum Gasteiger partial charge on any atom is 0.113 e. The topological polar surface area (TPSA) is 111 Å². The molecule has 4 rings (SSSR count). The fourth-order valence-corrected chi connectivity index (χ4v) is 5.60. The molecule has 2 heterocycles. The summed E-state index contributed by atoms with van der Waals surface area (Å²) in [6, 6.07) is 6.48. The first-order valence-electron chi connectivity index (χ1n) is 10.7. The summed E-state index contributed by atoms with van der Waals surface area (Å²) >= 11 is 1.85. The van der Waals surface area contributed by atoms with E-state index in [0.717, 1.165) is 35.7 Å². The molecular weight excluding hydrogens is 418 g/mol. The molecule has 31 heavy (non-hydrogen) atoms. The number of aliphatic hydroxyl groups excluding tert-OH is 4. The maximum absolute atomic E-state index is 10.6. The highest BCUT2D eigenvalue weighted by Gasteiger charge is 2.46. The van der Waals surface area contributed by atoms with Crippen molar-refractivity contribution in [1.29, 1.82) is 0 Å². The number of anilines is 1. The molecule has 7 unspecified atom stereocenters. The second kappa shape index (κ2) is 9.52. The Morgan fingerprint density at radius 1 is 1.16 bits per heavy atom. The predicted molar refractivity (Wildman–Crippen MR) is 119 cm³/mol. The average Bonchev–Trinajstić information content (AvgIpc) is 2.79. The van der Waals surface area contributed by atoms with Crippen LogP contribution in [-0.4, -0.2) is 77.0 Å². The number of rotatable bonds is 5. The van der Waals surface area contributed by atoms with Gasteiger partial charge in [-0.15, -0.1) is 11.8 Å². The number of hydrogen-bond donors (Lipinski definition) is 5. The van der Waals surface area contributed by atoms with Crippen molar-refractivity contribution in [1.82, 2.24) is 0 Å². The van der Waals surface area contributed by atoms with E-state index in [4.69, 9.17) is 9.47 Å².